The second kappa shape index (κ2) is 6.13. The number of likely N-dealkylation sites (N-methyl/N-ethyl adjacent to an activating group) is 1. The minimum atomic E-state index is -0.568. The van der Waals surface area contributed by atoms with Crippen LogP contribution in [-0.4, -0.2) is 7.05 Å². The molecular formula is C15H14ClF2N. The van der Waals surface area contributed by atoms with E-state index in [-0.39, 0.29) is 6.04 Å². The third-order valence-corrected chi connectivity index (χ3v) is 3.20. The van der Waals surface area contributed by atoms with Crippen LogP contribution in [0.2, 0.25) is 5.02 Å². The Morgan fingerprint density at radius 3 is 2.37 bits per heavy atom. The lowest BCUT2D eigenvalue weighted by Crippen LogP contribution is -2.19. The van der Waals surface area contributed by atoms with E-state index in [1.54, 1.807) is 13.1 Å². The molecule has 0 aliphatic rings. The van der Waals surface area contributed by atoms with Gasteiger partial charge < -0.3 is 5.32 Å². The van der Waals surface area contributed by atoms with Crippen molar-refractivity contribution in [1.82, 2.24) is 5.32 Å². The Bertz CT molecular complexity index is 552. The molecule has 0 fully saturated rings. The lowest BCUT2D eigenvalue weighted by Gasteiger charge is -2.17. The Morgan fingerprint density at radius 1 is 1.11 bits per heavy atom. The fourth-order valence-electron chi connectivity index (χ4n) is 2.06. The first-order valence-electron chi connectivity index (χ1n) is 5.96. The standard InChI is InChI=1S/C15H14ClF2N/c1-19-15(6-10-3-2-4-12(16)5-10)11-7-13(17)9-14(18)8-11/h2-5,7-9,15,19H,6H2,1H3. The molecule has 0 heterocycles. The molecule has 0 spiro atoms. The molecule has 0 radical (unpaired) electrons. The maximum Gasteiger partial charge on any atom is 0.126 e. The highest BCUT2D eigenvalue weighted by Gasteiger charge is 2.12. The van der Waals surface area contributed by atoms with Crippen LogP contribution in [0, 0.1) is 11.6 Å². The van der Waals surface area contributed by atoms with Gasteiger partial charge in [0.2, 0.25) is 0 Å². The smallest absolute Gasteiger partial charge is 0.126 e. The molecule has 4 heteroatoms. The summed E-state index contributed by atoms with van der Waals surface area (Å²) < 4.78 is 26.5. The van der Waals surface area contributed by atoms with Gasteiger partial charge in [-0.3, -0.25) is 0 Å². The van der Waals surface area contributed by atoms with Crippen molar-refractivity contribution < 1.29 is 8.78 Å². The molecule has 1 unspecified atom stereocenters. The van der Waals surface area contributed by atoms with Crippen molar-refractivity contribution in [2.45, 2.75) is 12.5 Å². The van der Waals surface area contributed by atoms with Gasteiger partial charge in [0.15, 0.2) is 0 Å². The number of hydrogen-bond acceptors (Lipinski definition) is 1. The highest BCUT2D eigenvalue weighted by Crippen LogP contribution is 2.21. The van der Waals surface area contributed by atoms with Crippen LogP contribution in [-0.2, 0) is 6.42 Å². The zero-order valence-corrected chi connectivity index (χ0v) is 11.2. The number of hydrogen-bond donors (Lipinski definition) is 1. The number of halogens is 3. The molecule has 100 valence electrons. The first-order chi connectivity index (χ1) is 9.08. The van der Waals surface area contributed by atoms with Crippen molar-refractivity contribution in [1.29, 1.82) is 0 Å². The summed E-state index contributed by atoms with van der Waals surface area (Å²) in [4.78, 5) is 0. The topological polar surface area (TPSA) is 12.0 Å². The third kappa shape index (κ3) is 3.75. The van der Waals surface area contributed by atoms with E-state index in [9.17, 15) is 8.78 Å². The Hall–Kier alpha value is -1.45. The molecule has 0 aliphatic heterocycles. The van der Waals surface area contributed by atoms with Gasteiger partial charge in [0.1, 0.15) is 11.6 Å². The van der Waals surface area contributed by atoms with Gasteiger partial charge in [-0.05, 0) is 48.9 Å². The van der Waals surface area contributed by atoms with Crippen LogP contribution in [0.25, 0.3) is 0 Å². The van der Waals surface area contributed by atoms with E-state index in [4.69, 9.17) is 11.6 Å². The Kier molecular flexibility index (Phi) is 4.51. The second-order valence-electron chi connectivity index (χ2n) is 4.38. The average Bonchev–Trinajstić information content (AvgIpc) is 2.34. The summed E-state index contributed by atoms with van der Waals surface area (Å²) in [5.41, 5.74) is 1.59. The summed E-state index contributed by atoms with van der Waals surface area (Å²) in [6.07, 6.45) is 0.611. The van der Waals surface area contributed by atoms with Crippen molar-refractivity contribution in [2.75, 3.05) is 7.05 Å². The summed E-state index contributed by atoms with van der Waals surface area (Å²) >= 11 is 5.93. The SMILES string of the molecule is CNC(Cc1cccc(Cl)c1)c1cc(F)cc(F)c1. The highest BCUT2D eigenvalue weighted by molar-refractivity contribution is 6.30. The van der Waals surface area contributed by atoms with Crippen molar-refractivity contribution in [3.05, 3.63) is 70.2 Å². The summed E-state index contributed by atoms with van der Waals surface area (Å²) in [5, 5.41) is 3.72. The maximum absolute atomic E-state index is 13.2. The lowest BCUT2D eigenvalue weighted by atomic mass is 9.99. The van der Waals surface area contributed by atoms with Gasteiger partial charge in [0, 0.05) is 17.1 Å². The van der Waals surface area contributed by atoms with Gasteiger partial charge in [-0.25, -0.2) is 8.78 Å². The highest BCUT2D eigenvalue weighted by atomic mass is 35.5. The van der Waals surface area contributed by atoms with Crippen LogP contribution >= 0.6 is 11.6 Å². The van der Waals surface area contributed by atoms with Crippen LogP contribution in [0.4, 0.5) is 8.78 Å². The van der Waals surface area contributed by atoms with Gasteiger partial charge in [-0.2, -0.15) is 0 Å². The summed E-state index contributed by atoms with van der Waals surface area (Å²) in [6, 6.07) is 10.8. The number of benzene rings is 2. The second-order valence-corrected chi connectivity index (χ2v) is 4.81. The summed E-state index contributed by atoms with van der Waals surface area (Å²) in [5.74, 6) is -1.14. The number of rotatable bonds is 4. The minimum absolute atomic E-state index is 0.163. The monoisotopic (exact) mass is 281 g/mol. The van der Waals surface area contributed by atoms with Gasteiger partial charge in [-0.15, -0.1) is 0 Å². The van der Waals surface area contributed by atoms with Gasteiger partial charge in [-0.1, -0.05) is 23.7 Å². The molecule has 1 atom stereocenters. The molecule has 2 rings (SSSR count). The molecule has 19 heavy (non-hydrogen) atoms. The number of nitrogens with one attached hydrogen (secondary N) is 1. The maximum atomic E-state index is 13.2. The van der Waals surface area contributed by atoms with Crippen molar-refractivity contribution in [3.63, 3.8) is 0 Å². The largest absolute Gasteiger partial charge is 0.313 e. The quantitative estimate of drug-likeness (QED) is 0.889. The van der Waals surface area contributed by atoms with Crippen LogP contribution < -0.4 is 5.32 Å². The fourth-order valence-corrected chi connectivity index (χ4v) is 2.28. The zero-order valence-electron chi connectivity index (χ0n) is 10.5. The van der Waals surface area contributed by atoms with E-state index < -0.39 is 11.6 Å². The van der Waals surface area contributed by atoms with Gasteiger partial charge in [0.25, 0.3) is 0 Å². The molecule has 0 saturated carbocycles. The Balaban J connectivity index is 2.24. The zero-order chi connectivity index (χ0) is 13.8. The summed E-state index contributed by atoms with van der Waals surface area (Å²) in [7, 11) is 1.76. The summed E-state index contributed by atoms with van der Waals surface area (Å²) in [6.45, 7) is 0. The van der Waals surface area contributed by atoms with Crippen LogP contribution in [0.5, 0.6) is 0 Å². The van der Waals surface area contributed by atoms with Crippen molar-refractivity contribution in [2.24, 2.45) is 0 Å². The lowest BCUT2D eigenvalue weighted by molar-refractivity contribution is 0.551. The van der Waals surface area contributed by atoms with E-state index in [0.717, 1.165) is 11.6 Å². The molecule has 0 bridgehead atoms. The van der Waals surface area contributed by atoms with Crippen molar-refractivity contribution in [3.8, 4) is 0 Å². The van der Waals surface area contributed by atoms with Gasteiger partial charge in [0.05, 0.1) is 0 Å². The van der Waals surface area contributed by atoms with Crippen LogP contribution in [0.1, 0.15) is 17.2 Å². The molecule has 0 saturated heterocycles. The molecule has 0 aromatic heterocycles. The van der Waals surface area contributed by atoms with E-state index >= 15 is 0 Å². The molecule has 2 aromatic carbocycles. The van der Waals surface area contributed by atoms with E-state index in [1.165, 1.54) is 12.1 Å². The average molecular weight is 282 g/mol. The Labute approximate surface area is 116 Å². The molecule has 1 nitrogen and oxygen atoms in total. The van der Waals surface area contributed by atoms with Crippen LogP contribution in [0.3, 0.4) is 0 Å². The van der Waals surface area contributed by atoms with E-state index in [2.05, 4.69) is 5.32 Å². The normalized spacial score (nSPS) is 12.4. The van der Waals surface area contributed by atoms with Crippen molar-refractivity contribution >= 4 is 11.6 Å². The predicted molar refractivity (Wildman–Crippen MR) is 73.3 cm³/mol. The van der Waals surface area contributed by atoms with Crippen LogP contribution in [0.15, 0.2) is 42.5 Å². The molecule has 2 aromatic rings. The van der Waals surface area contributed by atoms with E-state index in [1.807, 2.05) is 18.2 Å². The van der Waals surface area contributed by atoms with E-state index in [0.29, 0.717) is 17.0 Å². The van der Waals surface area contributed by atoms with Gasteiger partial charge >= 0.3 is 0 Å². The predicted octanol–water partition coefficient (Wildman–Crippen LogP) is 4.12. The molecule has 1 N–H and O–H groups in total. The molecule has 0 aliphatic carbocycles. The first kappa shape index (κ1) is 14.0. The molecular weight excluding hydrogens is 268 g/mol. The fraction of sp³-hybridized carbons (Fsp3) is 0.200. The minimum Gasteiger partial charge on any atom is -0.313 e. The molecule has 0 amide bonds. The first-order valence-corrected chi connectivity index (χ1v) is 6.34. The Morgan fingerprint density at radius 2 is 1.79 bits per heavy atom. The third-order valence-electron chi connectivity index (χ3n) is 2.96.